The molecule has 1 aromatic carbocycles. The quantitative estimate of drug-likeness (QED) is 0.796. The first-order valence-corrected chi connectivity index (χ1v) is 10.6. The topological polar surface area (TPSA) is 67.6 Å². The summed E-state index contributed by atoms with van der Waals surface area (Å²) in [5.41, 5.74) is 3.09. The molecule has 6 heteroatoms. The van der Waals surface area contributed by atoms with E-state index in [4.69, 9.17) is 4.74 Å². The number of hydrogen-bond donors (Lipinski definition) is 1. The van der Waals surface area contributed by atoms with E-state index in [1.165, 1.54) is 11.1 Å². The first-order valence-electron chi connectivity index (χ1n) is 10.6. The monoisotopic (exact) mass is 395 g/mol. The number of piperidine rings is 1. The summed E-state index contributed by atoms with van der Waals surface area (Å²) in [7, 11) is 0. The zero-order chi connectivity index (χ0) is 20.4. The lowest BCUT2D eigenvalue weighted by molar-refractivity contribution is -0.156. The Morgan fingerprint density at radius 1 is 1.24 bits per heavy atom. The van der Waals surface area contributed by atoms with E-state index in [-0.39, 0.29) is 29.6 Å². The maximum absolute atomic E-state index is 12.4. The van der Waals surface area contributed by atoms with Crippen LogP contribution in [0.5, 0.6) is 0 Å². The third-order valence-corrected chi connectivity index (χ3v) is 7.01. The number of ether oxygens (including phenoxy) is 1. The van der Waals surface area contributed by atoms with Gasteiger partial charge in [0.2, 0.25) is 0 Å². The van der Waals surface area contributed by atoms with Gasteiger partial charge in [-0.05, 0) is 45.6 Å². The number of aliphatic hydroxyl groups is 1. The number of imidazole rings is 1. The highest BCUT2D eigenvalue weighted by Gasteiger charge is 2.58. The maximum Gasteiger partial charge on any atom is 0.410 e. The van der Waals surface area contributed by atoms with Crippen molar-refractivity contribution in [1.82, 2.24) is 14.5 Å². The molecule has 29 heavy (non-hydrogen) atoms. The van der Waals surface area contributed by atoms with Crippen molar-refractivity contribution in [2.75, 3.05) is 13.1 Å². The Hall–Kier alpha value is -2.34. The molecule has 0 unspecified atom stereocenters. The van der Waals surface area contributed by atoms with Gasteiger partial charge in [-0.15, -0.1) is 0 Å². The van der Waals surface area contributed by atoms with Crippen molar-refractivity contribution in [3.63, 3.8) is 0 Å². The minimum atomic E-state index is -0.480. The molecular formula is C23H29N3O3. The molecule has 1 aliphatic carbocycles. The van der Waals surface area contributed by atoms with E-state index in [9.17, 15) is 9.90 Å². The normalized spacial score (nSPS) is 27.3. The molecule has 1 saturated carbocycles. The number of carbonyl (C=O) groups is 1. The van der Waals surface area contributed by atoms with Crippen molar-refractivity contribution in [1.29, 1.82) is 0 Å². The van der Waals surface area contributed by atoms with Gasteiger partial charge in [-0.25, -0.2) is 9.78 Å². The van der Waals surface area contributed by atoms with Gasteiger partial charge in [-0.3, -0.25) is 0 Å². The van der Waals surface area contributed by atoms with Gasteiger partial charge in [0.25, 0.3) is 0 Å². The molecule has 2 aliphatic heterocycles. The summed E-state index contributed by atoms with van der Waals surface area (Å²) < 4.78 is 7.73. The van der Waals surface area contributed by atoms with Crippen LogP contribution in [0.25, 0.3) is 11.3 Å². The Balaban J connectivity index is 1.30. The van der Waals surface area contributed by atoms with Crippen LogP contribution in [0.3, 0.4) is 0 Å². The van der Waals surface area contributed by atoms with E-state index in [1.807, 2.05) is 33.3 Å². The molecule has 2 fully saturated rings. The highest BCUT2D eigenvalue weighted by Crippen LogP contribution is 2.59. The first-order chi connectivity index (χ1) is 13.8. The highest BCUT2D eigenvalue weighted by molar-refractivity contribution is 5.69. The van der Waals surface area contributed by atoms with Crippen LogP contribution in [0.2, 0.25) is 0 Å². The molecule has 1 amide bonds. The Morgan fingerprint density at radius 3 is 2.66 bits per heavy atom. The number of carbonyl (C=O) groups excluding carboxylic acids is 1. The van der Waals surface area contributed by atoms with Crippen molar-refractivity contribution in [3.8, 4) is 11.3 Å². The second-order valence-electron chi connectivity index (χ2n) is 9.86. The van der Waals surface area contributed by atoms with E-state index in [2.05, 4.69) is 33.8 Å². The van der Waals surface area contributed by atoms with Crippen molar-refractivity contribution in [3.05, 3.63) is 42.4 Å². The van der Waals surface area contributed by atoms with Gasteiger partial charge in [0.05, 0.1) is 30.4 Å². The van der Waals surface area contributed by atoms with Gasteiger partial charge in [-0.1, -0.05) is 24.3 Å². The number of fused-ring (bicyclic) bond motifs is 3. The molecule has 1 N–H and O–H groups in total. The number of likely N-dealkylation sites (tertiary alicyclic amines) is 1. The van der Waals surface area contributed by atoms with Gasteiger partial charge in [0.1, 0.15) is 5.60 Å². The summed E-state index contributed by atoms with van der Waals surface area (Å²) in [5.74, 6) is 0.180. The molecule has 2 aromatic rings. The van der Waals surface area contributed by atoms with Crippen LogP contribution in [0.4, 0.5) is 4.79 Å². The summed E-state index contributed by atoms with van der Waals surface area (Å²) in [4.78, 5) is 18.5. The third kappa shape index (κ3) is 2.88. The van der Waals surface area contributed by atoms with E-state index in [1.54, 1.807) is 4.90 Å². The lowest BCUT2D eigenvalue weighted by Gasteiger charge is -2.57. The summed E-state index contributed by atoms with van der Waals surface area (Å²) >= 11 is 0. The van der Waals surface area contributed by atoms with Gasteiger partial charge in [-0.2, -0.15) is 0 Å². The van der Waals surface area contributed by atoms with Crippen LogP contribution in [-0.4, -0.2) is 50.4 Å². The molecule has 6 nitrogen and oxygen atoms in total. The summed E-state index contributed by atoms with van der Waals surface area (Å²) in [5, 5.41) is 11.3. The molecule has 1 spiro atoms. The fourth-order valence-electron chi connectivity index (χ4n) is 5.55. The highest BCUT2D eigenvalue weighted by atomic mass is 16.6. The van der Waals surface area contributed by atoms with Crippen LogP contribution in [0.1, 0.15) is 51.6 Å². The standard InChI is InChI=1S/C23H29N3O3/c1-22(2,3)29-21(28)25-10-8-23(9-11-25)12-17(20(23)27)19-16-7-5-4-6-15(16)18-13-24-14-26(18)19/h4-7,13-14,17,19-20,27H,8-12H2,1-3H3/t17-,19-,20-/m1/s1. The van der Waals surface area contributed by atoms with Crippen LogP contribution < -0.4 is 0 Å². The zero-order valence-corrected chi connectivity index (χ0v) is 17.3. The summed E-state index contributed by atoms with van der Waals surface area (Å²) in [6.45, 7) is 6.97. The Kier molecular flexibility index (Phi) is 4.07. The zero-order valence-electron chi connectivity index (χ0n) is 17.3. The first kappa shape index (κ1) is 18.7. The number of benzene rings is 1. The van der Waals surface area contributed by atoms with Gasteiger partial charge in [0, 0.05) is 30.0 Å². The lowest BCUT2D eigenvalue weighted by Crippen LogP contribution is -2.60. The van der Waals surface area contributed by atoms with E-state index >= 15 is 0 Å². The number of aliphatic hydroxyl groups excluding tert-OH is 1. The second-order valence-corrected chi connectivity index (χ2v) is 9.86. The number of nitrogens with zero attached hydrogens (tertiary/aromatic N) is 3. The summed E-state index contributed by atoms with van der Waals surface area (Å²) in [6, 6.07) is 8.60. The number of rotatable bonds is 1. The smallest absolute Gasteiger partial charge is 0.410 e. The third-order valence-electron chi connectivity index (χ3n) is 7.01. The van der Waals surface area contributed by atoms with E-state index in [0.29, 0.717) is 13.1 Å². The van der Waals surface area contributed by atoms with Crippen molar-refractivity contribution in [2.45, 2.75) is 57.8 Å². The largest absolute Gasteiger partial charge is 0.444 e. The van der Waals surface area contributed by atoms with Gasteiger partial charge in [0.15, 0.2) is 0 Å². The van der Waals surface area contributed by atoms with Crippen LogP contribution >= 0.6 is 0 Å². The van der Waals surface area contributed by atoms with Gasteiger partial charge >= 0.3 is 6.09 Å². The van der Waals surface area contributed by atoms with Crippen molar-refractivity contribution >= 4 is 6.09 Å². The second kappa shape index (κ2) is 6.33. The molecule has 3 aliphatic rings. The molecular weight excluding hydrogens is 366 g/mol. The number of aromatic nitrogens is 2. The fourth-order valence-corrected chi connectivity index (χ4v) is 5.55. The predicted octanol–water partition coefficient (Wildman–Crippen LogP) is 3.85. The average molecular weight is 396 g/mol. The maximum atomic E-state index is 12.4. The summed E-state index contributed by atoms with van der Waals surface area (Å²) in [6.07, 6.45) is 5.83. The van der Waals surface area contributed by atoms with E-state index in [0.717, 1.165) is 25.0 Å². The molecule has 1 saturated heterocycles. The Labute approximate surface area is 171 Å². The Bertz CT molecular complexity index is 937. The minimum absolute atomic E-state index is 0.0819. The number of hydrogen-bond acceptors (Lipinski definition) is 4. The molecule has 5 rings (SSSR count). The molecule has 0 radical (unpaired) electrons. The Morgan fingerprint density at radius 2 is 1.97 bits per heavy atom. The minimum Gasteiger partial charge on any atom is -0.444 e. The molecule has 154 valence electrons. The van der Waals surface area contributed by atoms with Gasteiger partial charge < -0.3 is 19.3 Å². The fraction of sp³-hybridized carbons (Fsp3) is 0.565. The van der Waals surface area contributed by atoms with Crippen molar-refractivity contribution in [2.24, 2.45) is 11.3 Å². The van der Waals surface area contributed by atoms with Crippen LogP contribution in [0, 0.1) is 11.3 Å². The van der Waals surface area contributed by atoms with Crippen LogP contribution in [0.15, 0.2) is 36.8 Å². The lowest BCUT2D eigenvalue weighted by atomic mass is 9.53. The number of amides is 1. The van der Waals surface area contributed by atoms with E-state index < -0.39 is 5.60 Å². The van der Waals surface area contributed by atoms with Crippen molar-refractivity contribution < 1.29 is 14.6 Å². The molecule has 1 aromatic heterocycles. The molecule has 3 atom stereocenters. The predicted molar refractivity (Wildman–Crippen MR) is 109 cm³/mol. The molecule has 3 heterocycles. The SMILES string of the molecule is CC(C)(C)OC(=O)N1CCC2(CC1)C[C@H]([C@H]1c3ccccc3-c3cncn31)[C@H]2O. The average Bonchev–Trinajstić information content (AvgIpc) is 3.26. The molecule has 0 bridgehead atoms. The van der Waals surface area contributed by atoms with Crippen LogP contribution in [-0.2, 0) is 4.74 Å².